The molecule has 0 aliphatic carbocycles. The number of fused-ring (bicyclic) bond motifs is 2. The number of rotatable bonds is 3. The zero-order valence-corrected chi connectivity index (χ0v) is 24.6. The summed E-state index contributed by atoms with van der Waals surface area (Å²) in [6.07, 6.45) is 3.84. The number of carbonyl (C=O) groups is 2. The molecule has 0 unspecified atom stereocenters. The Bertz CT molecular complexity index is 1410. The summed E-state index contributed by atoms with van der Waals surface area (Å²) in [4.78, 5) is 23.8. The summed E-state index contributed by atoms with van der Waals surface area (Å²) in [5.74, 6) is -1.95. The minimum atomic E-state index is -0.974. The van der Waals surface area contributed by atoms with Crippen molar-refractivity contribution in [3.8, 4) is 0 Å². The Morgan fingerprint density at radius 2 is 0.974 bits per heavy atom. The predicted molar refractivity (Wildman–Crippen MR) is 163 cm³/mol. The van der Waals surface area contributed by atoms with Crippen LogP contribution in [0.4, 0.5) is 0 Å². The monoisotopic (exact) mass is 522 g/mol. The van der Waals surface area contributed by atoms with Crippen LogP contribution >= 0.6 is 0 Å². The molecule has 1 aliphatic heterocycles. The average Bonchev–Trinajstić information content (AvgIpc) is 2.97. The van der Waals surface area contributed by atoms with Gasteiger partial charge in [0, 0.05) is 0 Å². The molecule has 39 heavy (non-hydrogen) atoms. The number of carboxylic acid groups (broad SMARTS) is 2. The molecule has 0 saturated heterocycles. The molecule has 0 bridgehead atoms. The number of aromatic carboxylic acids is 2. The van der Waals surface area contributed by atoms with Gasteiger partial charge < -0.3 is 10.2 Å². The lowest BCUT2D eigenvalue weighted by Crippen LogP contribution is -2.58. The first-order valence-electron chi connectivity index (χ1n) is 13.5. The van der Waals surface area contributed by atoms with Crippen molar-refractivity contribution in [3.05, 3.63) is 87.5 Å². The van der Waals surface area contributed by atoms with E-state index >= 15 is 0 Å². The van der Waals surface area contributed by atoms with Crippen LogP contribution in [0, 0.1) is 0 Å². The standard InChI is InChI=1S/C34H39BO4/c1-32(2,3)24-18-25(33(4,5)6)29(26(19-24)34(7,8)9)35-27-14-12-22(30(36)37)16-20(27)10-11-21-17-23(31(38)39)13-15-28(21)35/h10-19H,1-9H3,(H,36,37)(H,38,39). The van der Waals surface area contributed by atoms with Crippen LogP contribution in [0.15, 0.2) is 48.5 Å². The van der Waals surface area contributed by atoms with Crippen molar-refractivity contribution in [2.24, 2.45) is 0 Å². The predicted octanol–water partition coefficient (Wildman–Crippen LogP) is 5.98. The van der Waals surface area contributed by atoms with E-state index in [9.17, 15) is 19.8 Å². The highest BCUT2D eigenvalue weighted by molar-refractivity contribution is 6.97. The maximum Gasteiger partial charge on any atom is 0.335 e. The minimum Gasteiger partial charge on any atom is -0.478 e. The molecule has 202 valence electrons. The lowest BCUT2D eigenvalue weighted by atomic mass is 9.33. The van der Waals surface area contributed by atoms with Crippen molar-refractivity contribution in [3.63, 3.8) is 0 Å². The Morgan fingerprint density at radius 1 is 0.590 bits per heavy atom. The SMILES string of the molecule is CC(C)(C)c1cc(C(C)(C)C)c(B2c3ccc(C(=O)O)cc3C=Cc3cc(C(=O)O)ccc32)c(C(C)(C)C)c1. The zero-order valence-electron chi connectivity index (χ0n) is 24.6. The molecule has 0 amide bonds. The summed E-state index contributed by atoms with van der Waals surface area (Å²) in [6, 6.07) is 15.4. The van der Waals surface area contributed by atoms with Gasteiger partial charge in [0.1, 0.15) is 0 Å². The second kappa shape index (κ2) is 9.55. The fourth-order valence-electron chi connectivity index (χ4n) is 5.53. The molecule has 2 N–H and O–H groups in total. The first kappa shape index (κ1) is 28.4. The number of benzene rings is 3. The fraction of sp³-hybridized carbons (Fsp3) is 0.353. The van der Waals surface area contributed by atoms with E-state index in [1.165, 1.54) is 22.2 Å². The van der Waals surface area contributed by atoms with Gasteiger partial charge >= 0.3 is 11.9 Å². The first-order chi connectivity index (χ1) is 17.9. The van der Waals surface area contributed by atoms with Gasteiger partial charge in [0.25, 0.3) is 0 Å². The fourth-order valence-corrected chi connectivity index (χ4v) is 5.53. The lowest BCUT2D eigenvalue weighted by molar-refractivity contribution is 0.0686. The average molecular weight is 522 g/mol. The maximum absolute atomic E-state index is 11.9. The van der Waals surface area contributed by atoms with Gasteiger partial charge in [-0.1, -0.05) is 115 Å². The highest BCUT2D eigenvalue weighted by atomic mass is 16.4. The van der Waals surface area contributed by atoms with E-state index in [1.54, 1.807) is 24.3 Å². The molecule has 4 rings (SSSR count). The number of carboxylic acids is 2. The molecule has 0 fully saturated rings. The first-order valence-corrected chi connectivity index (χ1v) is 13.5. The molecule has 5 heteroatoms. The third kappa shape index (κ3) is 5.45. The van der Waals surface area contributed by atoms with E-state index < -0.39 is 11.9 Å². The summed E-state index contributed by atoms with van der Waals surface area (Å²) in [7, 11) is 0. The molecular weight excluding hydrogens is 483 g/mol. The molecule has 0 radical (unpaired) electrons. The van der Waals surface area contributed by atoms with Crippen molar-refractivity contribution >= 4 is 47.2 Å². The minimum absolute atomic E-state index is 0.0495. The summed E-state index contributed by atoms with van der Waals surface area (Å²) in [6.45, 7) is 19.9. The summed E-state index contributed by atoms with van der Waals surface area (Å²) in [5.41, 5.74) is 8.69. The number of hydrogen-bond acceptors (Lipinski definition) is 2. The Morgan fingerprint density at radius 3 is 1.28 bits per heavy atom. The van der Waals surface area contributed by atoms with E-state index in [1.807, 2.05) is 24.3 Å². The second-order valence-corrected chi connectivity index (χ2v) is 13.8. The normalized spacial score (nSPS) is 13.5. The van der Waals surface area contributed by atoms with Gasteiger partial charge in [0.15, 0.2) is 0 Å². The Kier molecular flexibility index (Phi) is 6.96. The molecule has 0 aromatic heterocycles. The highest BCUT2D eigenvalue weighted by Crippen LogP contribution is 2.34. The van der Waals surface area contributed by atoms with Gasteiger partial charge in [-0.2, -0.15) is 0 Å². The Balaban J connectivity index is 2.20. The van der Waals surface area contributed by atoms with Crippen LogP contribution in [0.3, 0.4) is 0 Å². The van der Waals surface area contributed by atoms with E-state index in [0.29, 0.717) is 0 Å². The van der Waals surface area contributed by atoms with Crippen molar-refractivity contribution in [2.75, 3.05) is 0 Å². The molecule has 0 atom stereocenters. The molecule has 0 spiro atoms. The lowest BCUT2D eigenvalue weighted by Gasteiger charge is -2.36. The zero-order chi connectivity index (χ0) is 29.1. The summed E-state index contributed by atoms with van der Waals surface area (Å²) in [5, 5.41) is 19.5. The highest BCUT2D eigenvalue weighted by Gasteiger charge is 2.38. The third-order valence-electron chi connectivity index (χ3n) is 7.68. The van der Waals surface area contributed by atoms with Crippen LogP contribution in [-0.4, -0.2) is 28.9 Å². The van der Waals surface area contributed by atoms with Crippen molar-refractivity contribution in [1.29, 1.82) is 0 Å². The van der Waals surface area contributed by atoms with Gasteiger partial charge in [-0.15, -0.1) is 0 Å². The molecule has 1 heterocycles. The van der Waals surface area contributed by atoms with Crippen LogP contribution in [0.1, 0.15) is 111 Å². The van der Waals surface area contributed by atoms with E-state index in [0.717, 1.165) is 22.1 Å². The molecular formula is C34H39BO4. The van der Waals surface area contributed by atoms with E-state index in [2.05, 4.69) is 74.4 Å². The van der Waals surface area contributed by atoms with E-state index in [4.69, 9.17) is 0 Å². The summed E-state index contributed by atoms with van der Waals surface area (Å²) >= 11 is 0. The van der Waals surface area contributed by atoms with Crippen LogP contribution in [0.25, 0.3) is 12.2 Å². The van der Waals surface area contributed by atoms with Crippen molar-refractivity contribution in [1.82, 2.24) is 0 Å². The van der Waals surface area contributed by atoms with Gasteiger partial charge in [0.2, 0.25) is 6.71 Å². The summed E-state index contributed by atoms with van der Waals surface area (Å²) < 4.78 is 0. The maximum atomic E-state index is 11.9. The molecule has 3 aromatic rings. The largest absolute Gasteiger partial charge is 0.478 e. The molecule has 4 nitrogen and oxygen atoms in total. The van der Waals surface area contributed by atoms with Crippen molar-refractivity contribution < 1.29 is 19.8 Å². The van der Waals surface area contributed by atoms with Gasteiger partial charge in [-0.05, 0) is 68.3 Å². The third-order valence-corrected chi connectivity index (χ3v) is 7.68. The Hall–Kier alpha value is -3.60. The topological polar surface area (TPSA) is 74.6 Å². The van der Waals surface area contributed by atoms with Gasteiger partial charge in [0.05, 0.1) is 11.1 Å². The smallest absolute Gasteiger partial charge is 0.335 e. The van der Waals surface area contributed by atoms with Crippen LogP contribution in [0.5, 0.6) is 0 Å². The molecule has 0 saturated carbocycles. The molecule has 1 aliphatic rings. The van der Waals surface area contributed by atoms with Crippen LogP contribution in [0.2, 0.25) is 0 Å². The number of hydrogen-bond donors (Lipinski definition) is 2. The quantitative estimate of drug-likeness (QED) is 0.325. The second-order valence-electron chi connectivity index (χ2n) is 13.8. The Labute approximate surface area is 232 Å². The molecule has 3 aromatic carbocycles. The van der Waals surface area contributed by atoms with Gasteiger partial charge in [-0.3, -0.25) is 0 Å². The van der Waals surface area contributed by atoms with Crippen LogP contribution in [-0.2, 0) is 16.2 Å². The van der Waals surface area contributed by atoms with Gasteiger partial charge in [-0.25, -0.2) is 9.59 Å². The van der Waals surface area contributed by atoms with Crippen molar-refractivity contribution in [2.45, 2.75) is 78.6 Å². The van der Waals surface area contributed by atoms with E-state index in [-0.39, 0.29) is 34.1 Å². The van der Waals surface area contributed by atoms with Crippen LogP contribution < -0.4 is 16.4 Å².